The highest BCUT2D eigenvalue weighted by molar-refractivity contribution is 5.75. The molecule has 1 fully saturated rings. The van der Waals surface area contributed by atoms with Crippen molar-refractivity contribution in [3.05, 3.63) is 12.2 Å². The van der Waals surface area contributed by atoms with Crippen LogP contribution >= 0.6 is 0 Å². The largest absolute Gasteiger partial charge is 0.477 e. The van der Waals surface area contributed by atoms with Gasteiger partial charge in [0.1, 0.15) is 0 Å². The van der Waals surface area contributed by atoms with E-state index in [1.165, 1.54) is 19.3 Å². The van der Waals surface area contributed by atoms with E-state index in [4.69, 9.17) is 14.9 Å². The van der Waals surface area contributed by atoms with Crippen molar-refractivity contribution in [2.75, 3.05) is 13.2 Å². The number of carbonyl (C=O) groups is 1. The summed E-state index contributed by atoms with van der Waals surface area (Å²) in [4.78, 5) is 11.2. The summed E-state index contributed by atoms with van der Waals surface area (Å²) in [7, 11) is 0. The predicted octanol–water partition coefficient (Wildman–Crippen LogP) is 4.27. The number of ether oxygens (including phenoxy) is 1. The second-order valence-electron chi connectivity index (χ2n) is 9.63. The number of unbranched alkanes of at least 4 members (excludes halogenated alkanes) is 3. The van der Waals surface area contributed by atoms with Gasteiger partial charge < -0.3 is 25.2 Å². The third-order valence-electron chi connectivity index (χ3n) is 6.42. The van der Waals surface area contributed by atoms with E-state index in [2.05, 4.69) is 32.9 Å². The number of allylic oxidation sites excluding steroid dienone is 2. The Morgan fingerprint density at radius 3 is 2.50 bits per heavy atom. The molecule has 6 nitrogen and oxygen atoms in total. The molecule has 0 spiro atoms. The third-order valence-corrected chi connectivity index (χ3v) is 6.42. The molecule has 1 aliphatic carbocycles. The summed E-state index contributed by atoms with van der Waals surface area (Å²) in [5, 5.41) is 38.4. The van der Waals surface area contributed by atoms with Crippen LogP contribution in [0.4, 0.5) is 0 Å². The smallest absolute Gasteiger partial charge is 0.364 e. The van der Waals surface area contributed by atoms with Gasteiger partial charge in [-0.15, -0.1) is 0 Å². The Hall–Kier alpha value is -0.950. The monoisotopic (exact) mass is 428 g/mol. The molecule has 0 bridgehead atoms. The van der Waals surface area contributed by atoms with Gasteiger partial charge in [0, 0.05) is 6.42 Å². The van der Waals surface area contributed by atoms with E-state index in [9.17, 15) is 15.0 Å². The van der Waals surface area contributed by atoms with Gasteiger partial charge in [-0.25, -0.2) is 4.79 Å². The molecule has 30 heavy (non-hydrogen) atoms. The first-order valence-electron chi connectivity index (χ1n) is 11.7. The van der Waals surface area contributed by atoms with Crippen LogP contribution in [0.3, 0.4) is 0 Å². The zero-order valence-corrected chi connectivity index (χ0v) is 19.2. The number of carboxylic acids is 1. The van der Waals surface area contributed by atoms with E-state index >= 15 is 0 Å². The Morgan fingerprint density at radius 2 is 1.87 bits per heavy atom. The van der Waals surface area contributed by atoms with E-state index < -0.39 is 11.8 Å². The highest BCUT2D eigenvalue weighted by atomic mass is 16.6. The molecule has 4 N–H and O–H groups in total. The summed E-state index contributed by atoms with van der Waals surface area (Å²) < 4.78 is 4.91. The quantitative estimate of drug-likeness (QED) is 0.166. The molecule has 0 saturated heterocycles. The molecule has 1 unspecified atom stereocenters. The number of carboxylic acid groups (broad SMARTS) is 1. The molecule has 0 heterocycles. The minimum absolute atomic E-state index is 0.00821. The fraction of sp³-hybridized carbons (Fsp3) is 0.875. The molecular weight excluding hydrogens is 384 g/mol. The van der Waals surface area contributed by atoms with Crippen molar-refractivity contribution in [2.45, 2.75) is 103 Å². The number of hydrogen-bond donors (Lipinski definition) is 4. The van der Waals surface area contributed by atoms with Crippen LogP contribution in [0.2, 0.25) is 0 Å². The van der Waals surface area contributed by atoms with Crippen LogP contribution in [-0.2, 0) is 9.53 Å². The van der Waals surface area contributed by atoms with Gasteiger partial charge in [0.05, 0.1) is 19.3 Å². The number of aliphatic hydroxyl groups is 3. The van der Waals surface area contributed by atoms with Gasteiger partial charge in [0.15, 0.2) is 0 Å². The molecule has 0 aromatic rings. The van der Waals surface area contributed by atoms with Crippen LogP contribution in [0.15, 0.2) is 12.2 Å². The first-order valence-corrected chi connectivity index (χ1v) is 11.7. The maximum Gasteiger partial charge on any atom is 0.364 e. The van der Waals surface area contributed by atoms with E-state index in [1.807, 2.05) is 0 Å². The van der Waals surface area contributed by atoms with Crippen LogP contribution in [0, 0.1) is 17.3 Å². The first kappa shape index (κ1) is 27.1. The maximum absolute atomic E-state index is 11.2. The zero-order chi connectivity index (χ0) is 22.6. The molecule has 0 aliphatic heterocycles. The second-order valence-corrected chi connectivity index (χ2v) is 9.63. The fourth-order valence-corrected chi connectivity index (χ4v) is 4.42. The van der Waals surface area contributed by atoms with Gasteiger partial charge in [0.2, 0.25) is 0 Å². The van der Waals surface area contributed by atoms with Gasteiger partial charge in [-0.3, -0.25) is 0 Å². The topological polar surface area (TPSA) is 107 Å². The highest BCUT2D eigenvalue weighted by Crippen LogP contribution is 2.37. The lowest BCUT2D eigenvalue weighted by molar-refractivity contribution is -0.228. The second kappa shape index (κ2) is 13.5. The van der Waals surface area contributed by atoms with Gasteiger partial charge in [-0.05, 0) is 55.8 Å². The molecular formula is C24H44O6. The van der Waals surface area contributed by atoms with E-state index in [-0.39, 0.29) is 31.7 Å². The summed E-state index contributed by atoms with van der Waals surface area (Å²) >= 11 is 0. The van der Waals surface area contributed by atoms with Crippen molar-refractivity contribution in [1.82, 2.24) is 0 Å². The summed E-state index contributed by atoms with van der Waals surface area (Å²) in [6, 6.07) is 0. The molecule has 0 aromatic heterocycles. The lowest BCUT2D eigenvalue weighted by atomic mass is 9.82. The highest BCUT2D eigenvalue weighted by Gasteiger charge is 2.37. The van der Waals surface area contributed by atoms with Crippen LogP contribution < -0.4 is 0 Å². The number of rotatable bonds is 16. The molecule has 0 radical (unpaired) electrons. The SMILES string of the molecule is CCCCC(C)(C)CC=C[C@H]1CC[C@H](O)[C@@H]1CCCCCC(O)(OCCO)C(=O)O. The Kier molecular flexibility index (Phi) is 12.2. The van der Waals surface area contributed by atoms with Crippen molar-refractivity contribution < 1.29 is 30.0 Å². The van der Waals surface area contributed by atoms with Crippen LogP contribution in [0.25, 0.3) is 0 Å². The first-order chi connectivity index (χ1) is 14.1. The molecule has 176 valence electrons. The molecule has 6 heteroatoms. The summed E-state index contributed by atoms with van der Waals surface area (Å²) in [6.45, 7) is 6.31. The standard InChI is InChI=1S/C24H44O6/c1-4-5-14-23(2,3)15-9-10-19-12-13-21(26)20(19)11-7-6-8-16-24(29,22(27)28)30-18-17-25/h9-10,19-21,25-26,29H,4-8,11-18H2,1-3H3,(H,27,28)/t19-,20+,21-,24?/m0/s1. The van der Waals surface area contributed by atoms with Gasteiger partial charge in [-0.1, -0.05) is 58.6 Å². The molecule has 0 aromatic carbocycles. The van der Waals surface area contributed by atoms with Gasteiger partial charge >= 0.3 is 5.97 Å². The molecule has 0 amide bonds. The Labute approximate surface area is 182 Å². The molecule has 1 saturated carbocycles. The van der Waals surface area contributed by atoms with Crippen LogP contribution in [0.1, 0.15) is 91.4 Å². The summed E-state index contributed by atoms with van der Waals surface area (Å²) in [5.41, 5.74) is 0.318. The Morgan fingerprint density at radius 1 is 1.13 bits per heavy atom. The average molecular weight is 429 g/mol. The molecule has 1 rings (SSSR count). The van der Waals surface area contributed by atoms with E-state index in [0.29, 0.717) is 17.8 Å². The van der Waals surface area contributed by atoms with Gasteiger partial charge in [-0.2, -0.15) is 0 Å². The Balaban J connectivity index is 2.42. The van der Waals surface area contributed by atoms with Crippen molar-refractivity contribution in [2.24, 2.45) is 17.3 Å². The minimum atomic E-state index is -2.23. The van der Waals surface area contributed by atoms with Crippen LogP contribution in [0.5, 0.6) is 0 Å². The zero-order valence-electron chi connectivity index (χ0n) is 19.2. The van der Waals surface area contributed by atoms with Crippen molar-refractivity contribution in [3.8, 4) is 0 Å². The average Bonchev–Trinajstić information content (AvgIpc) is 3.04. The fourth-order valence-electron chi connectivity index (χ4n) is 4.42. The van der Waals surface area contributed by atoms with Crippen molar-refractivity contribution in [3.63, 3.8) is 0 Å². The van der Waals surface area contributed by atoms with E-state index in [1.54, 1.807) is 0 Å². The maximum atomic E-state index is 11.2. The molecule has 1 aliphatic rings. The number of hydrogen-bond acceptors (Lipinski definition) is 5. The number of aliphatic carboxylic acids is 1. The van der Waals surface area contributed by atoms with Crippen LogP contribution in [-0.4, -0.2) is 51.5 Å². The molecule has 4 atom stereocenters. The minimum Gasteiger partial charge on any atom is -0.477 e. The summed E-state index contributed by atoms with van der Waals surface area (Å²) in [5.74, 6) is -2.99. The lowest BCUT2D eigenvalue weighted by Gasteiger charge is -2.24. The Bertz CT molecular complexity index is 518. The predicted molar refractivity (Wildman–Crippen MR) is 118 cm³/mol. The third kappa shape index (κ3) is 9.46. The van der Waals surface area contributed by atoms with Crippen molar-refractivity contribution >= 4 is 5.97 Å². The normalized spacial score (nSPS) is 24.4. The van der Waals surface area contributed by atoms with Crippen molar-refractivity contribution in [1.29, 1.82) is 0 Å². The van der Waals surface area contributed by atoms with E-state index in [0.717, 1.165) is 38.5 Å². The number of aliphatic hydroxyl groups excluding tert-OH is 2. The summed E-state index contributed by atoms with van der Waals surface area (Å²) in [6.07, 6.45) is 14.0. The lowest BCUT2D eigenvalue weighted by Crippen LogP contribution is -2.42. The van der Waals surface area contributed by atoms with Gasteiger partial charge in [0.25, 0.3) is 5.79 Å².